The largest absolute Gasteiger partial charge is 0.493 e. The van der Waals surface area contributed by atoms with Gasteiger partial charge in [0.05, 0.1) is 46.6 Å². The Morgan fingerprint density at radius 2 is 2.00 bits per heavy atom. The molecule has 0 N–H and O–H groups in total. The molecule has 0 saturated carbocycles. The highest BCUT2D eigenvalue weighted by Crippen LogP contribution is 2.36. The van der Waals surface area contributed by atoms with Crippen LogP contribution in [0.2, 0.25) is 0 Å². The standard InChI is InChI=1S/C24H22Br2N2O6S/c1-5-32-17-9-13(7-8-16(17)31-4)20-19(23(30)33-6-2)12(3)27-24-28(20)22(29)18(35-24)11-14-10-15(25)21(26)34-14/h7-11,20H,5-6H2,1-4H3/t20-/m0/s1. The van der Waals surface area contributed by atoms with Gasteiger partial charge in [0, 0.05) is 6.08 Å². The lowest BCUT2D eigenvalue weighted by Gasteiger charge is -2.25. The number of hydrogen-bond acceptors (Lipinski definition) is 8. The summed E-state index contributed by atoms with van der Waals surface area (Å²) in [7, 11) is 1.56. The van der Waals surface area contributed by atoms with Gasteiger partial charge in [-0.25, -0.2) is 9.79 Å². The number of allylic oxidation sites excluding steroid dienone is 1. The summed E-state index contributed by atoms with van der Waals surface area (Å²) in [6.45, 7) is 5.97. The van der Waals surface area contributed by atoms with E-state index in [1.165, 1.54) is 15.9 Å². The molecule has 8 nitrogen and oxygen atoms in total. The Morgan fingerprint density at radius 1 is 1.23 bits per heavy atom. The van der Waals surface area contributed by atoms with E-state index in [0.29, 0.717) is 54.7 Å². The van der Waals surface area contributed by atoms with E-state index in [9.17, 15) is 9.59 Å². The lowest BCUT2D eigenvalue weighted by Crippen LogP contribution is -2.39. The van der Waals surface area contributed by atoms with Crippen LogP contribution in [-0.4, -0.2) is 30.9 Å². The minimum atomic E-state index is -0.757. The predicted octanol–water partition coefficient (Wildman–Crippen LogP) is 4.32. The molecule has 1 aromatic carbocycles. The zero-order valence-electron chi connectivity index (χ0n) is 19.4. The summed E-state index contributed by atoms with van der Waals surface area (Å²) in [4.78, 5) is 31.7. The number of methoxy groups -OCH3 is 1. The maximum Gasteiger partial charge on any atom is 0.338 e. The van der Waals surface area contributed by atoms with Gasteiger partial charge < -0.3 is 18.6 Å². The second-order valence-electron chi connectivity index (χ2n) is 7.42. The summed E-state index contributed by atoms with van der Waals surface area (Å²) in [6, 6.07) is 6.34. The molecule has 11 heteroatoms. The summed E-state index contributed by atoms with van der Waals surface area (Å²) in [6.07, 6.45) is 1.65. The number of ether oxygens (including phenoxy) is 3. The van der Waals surface area contributed by atoms with Crippen molar-refractivity contribution in [1.29, 1.82) is 0 Å². The van der Waals surface area contributed by atoms with Crippen LogP contribution < -0.4 is 24.4 Å². The van der Waals surface area contributed by atoms with Crippen molar-refractivity contribution in [3.8, 4) is 11.5 Å². The van der Waals surface area contributed by atoms with Gasteiger partial charge in [-0.3, -0.25) is 9.36 Å². The average Bonchev–Trinajstić information content (AvgIpc) is 3.30. The number of benzene rings is 1. The number of rotatable bonds is 7. The molecule has 0 fully saturated rings. The van der Waals surface area contributed by atoms with E-state index in [1.54, 1.807) is 45.2 Å². The first-order valence-corrected chi connectivity index (χ1v) is 13.1. The molecular weight excluding hydrogens is 604 g/mol. The highest BCUT2D eigenvalue weighted by molar-refractivity contribution is 9.13. The minimum Gasteiger partial charge on any atom is -0.493 e. The van der Waals surface area contributed by atoms with Crippen molar-refractivity contribution in [2.45, 2.75) is 26.8 Å². The Labute approximate surface area is 221 Å². The number of esters is 1. The van der Waals surface area contributed by atoms with Crippen LogP contribution in [0.15, 0.2) is 58.9 Å². The number of carbonyl (C=O) groups is 1. The SMILES string of the molecule is CCOC(=O)C1=C(C)N=c2sc(=Cc3cc(Br)c(Br)o3)c(=O)n2[C@H]1c1ccc(OC)c(OCC)c1. The van der Waals surface area contributed by atoms with Gasteiger partial charge in [-0.15, -0.1) is 0 Å². The van der Waals surface area contributed by atoms with Gasteiger partial charge in [-0.1, -0.05) is 17.4 Å². The molecule has 0 amide bonds. The number of aromatic nitrogens is 1. The molecule has 1 atom stereocenters. The van der Waals surface area contributed by atoms with Crippen molar-refractivity contribution in [2.24, 2.45) is 4.99 Å². The maximum atomic E-state index is 13.6. The van der Waals surface area contributed by atoms with E-state index in [-0.39, 0.29) is 12.2 Å². The fourth-order valence-corrected chi connectivity index (χ4v) is 5.44. The van der Waals surface area contributed by atoms with Crippen molar-refractivity contribution < 1.29 is 23.4 Å². The smallest absolute Gasteiger partial charge is 0.338 e. The van der Waals surface area contributed by atoms with Crippen LogP contribution in [0, 0.1) is 0 Å². The van der Waals surface area contributed by atoms with E-state index >= 15 is 0 Å². The fourth-order valence-electron chi connectivity index (χ4n) is 3.80. The third-order valence-corrected chi connectivity index (χ3v) is 7.95. The van der Waals surface area contributed by atoms with Crippen LogP contribution in [-0.2, 0) is 9.53 Å². The van der Waals surface area contributed by atoms with Gasteiger partial charge in [-0.05, 0) is 76.4 Å². The van der Waals surface area contributed by atoms with Crippen LogP contribution in [0.3, 0.4) is 0 Å². The minimum absolute atomic E-state index is 0.196. The van der Waals surface area contributed by atoms with E-state index in [4.69, 9.17) is 18.6 Å². The Morgan fingerprint density at radius 3 is 2.63 bits per heavy atom. The quantitative estimate of drug-likeness (QED) is 0.363. The molecule has 0 spiro atoms. The van der Waals surface area contributed by atoms with E-state index < -0.39 is 12.0 Å². The lowest BCUT2D eigenvalue weighted by molar-refractivity contribution is -0.139. The first kappa shape index (κ1) is 25.5. The molecule has 3 heterocycles. The van der Waals surface area contributed by atoms with Crippen LogP contribution in [0.25, 0.3) is 6.08 Å². The van der Waals surface area contributed by atoms with Gasteiger partial charge in [0.2, 0.25) is 0 Å². The molecule has 0 radical (unpaired) electrons. The van der Waals surface area contributed by atoms with Gasteiger partial charge >= 0.3 is 5.97 Å². The topological polar surface area (TPSA) is 92.3 Å². The van der Waals surface area contributed by atoms with Crippen LogP contribution in [0.1, 0.15) is 38.1 Å². The Balaban J connectivity index is 1.96. The molecule has 4 rings (SSSR count). The first-order chi connectivity index (χ1) is 16.8. The van der Waals surface area contributed by atoms with Crippen molar-refractivity contribution in [2.75, 3.05) is 20.3 Å². The molecule has 0 unspecified atom stereocenters. The summed E-state index contributed by atoms with van der Waals surface area (Å²) >= 11 is 7.91. The third-order valence-electron chi connectivity index (χ3n) is 5.26. The monoisotopic (exact) mass is 624 g/mol. The molecular formula is C24H22Br2N2O6S. The maximum absolute atomic E-state index is 13.6. The number of fused-ring (bicyclic) bond motifs is 1. The molecule has 184 valence electrons. The number of thiazole rings is 1. The van der Waals surface area contributed by atoms with Crippen molar-refractivity contribution in [3.05, 3.63) is 75.7 Å². The van der Waals surface area contributed by atoms with Gasteiger partial charge in [0.15, 0.2) is 21.0 Å². The second kappa shape index (κ2) is 10.5. The molecule has 0 bridgehead atoms. The third kappa shape index (κ3) is 4.89. The Bertz CT molecular complexity index is 1480. The lowest BCUT2D eigenvalue weighted by atomic mass is 9.95. The molecule has 1 aliphatic heterocycles. The van der Waals surface area contributed by atoms with Crippen molar-refractivity contribution in [1.82, 2.24) is 4.57 Å². The second-order valence-corrected chi connectivity index (χ2v) is 10.00. The number of halogens is 2. The van der Waals surface area contributed by atoms with E-state index in [2.05, 4.69) is 36.9 Å². The molecule has 3 aromatic rings. The number of nitrogens with zero attached hydrogens (tertiary/aromatic N) is 2. The summed E-state index contributed by atoms with van der Waals surface area (Å²) in [5.74, 6) is 1.03. The van der Waals surface area contributed by atoms with Gasteiger partial charge in [0.25, 0.3) is 5.56 Å². The summed E-state index contributed by atoms with van der Waals surface area (Å²) < 4.78 is 25.3. The summed E-state index contributed by atoms with van der Waals surface area (Å²) in [5.41, 5.74) is 1.15. The van der Waals surface area contributed by atoms with Crippen LogP contribution >= 0.6 is 43.2 Å². The van der Waals surface area contributed by atoms with E-state index in [0.717, 1.165) is 4.47 Å². The Hall–Kier alpha value is -2.63. The zero-order valence-corrected chi connectivity index (χ0v) is 23.4. The van der Waals surface area contributed by atoms with Crippen LogP contribution in [0.4, 0.5) is 0 Å². The molecule has 0 saturated heterocycles. The zero-order chi connectivity index (χ0) is 25.3. The van der Waals surface area contributed by atoms with Crippen LogP contribution in [0.5, 0.6) is 11.5 Å². The number of furan rings is 1. The number of carbonyl (C=O) groups excluding carboxylic acids is 1. The average molecular weight is 626 g/mol. The first-order valence-electron chi connectivity index (χ1n) is 10.7. The highest BCUT2D eigenvalue weighted by Gasteiger charge is 2.34. The van der Waals surface area contributed by atoms with Gasteiger partial charge in [-0.2, -0.15) is 0 Å². The normalized spacial score (nSPS) is 15.6. The van der Waals surface area contributed by atoms with E-state index in [1.807, 2.05) is 13.0 Å². The summed E-state index contributed by atoms with van der Waals surface area (Å²) in [5, 5.41) is 0. The van der Waals surface area contributed by atoms with Gasteiger partial charge in [0.1, 0.15) is 5.76 Å². The highest BCUT2D eigenvalue weighted by atomic mass is 79.9. The molecule has 1 aliphatic rings. The molecule has 0 aliphatic carbocycles. The predicted molar refractivity (Wildman–Crippen MR) is 139 cm³/mol. The fraction of sp³-hybridized carbons (Fsp3) is 0.292. The molecule has 35 heavy (non-hydrogen) atoms. The van der Waals surface area contributed by atoms with Crippen molar-refractivity contribution in [3.63, 3.8) is 0 Å². The number of hydrogen-bond donors (Lipinski definition) is 0. The molecule has 2 aromatic heterocycles. The Kier molecular flexibility index (Phi) is 7.67. The van der Waals surface area contributed by atoms with Crippen molar-refractivity contribution >= 4 is 55.2 Å².